The summed E-state index contributed by atoms with van der Waals surface area (Å²) in [5.74, 6) is -1.29. The van der Waals surface area contributed by atoms with Gasteiger partial charge < -0.3 is 5.11 Å². The Kier molecular flexibility index (Phi) is 5.18. The molecule has 2 N–H and O–H groups in total. The Morgan fingerprint density at radius 3 is 2.32 bits per heavy atom. The van der Waals surface area contributed by atoms with Gasteiger partial charge in [0.15, 0.2) is 0 Å². The highest BCUT2D eigenvalue weighted by Gasteiger charge is 2.38. The van der Waals surface area contributed by atoms with Gasteiger partial charge in [-0.1, -0.05) is 42.5 Å². The van der Waals surface area contributed by atoms with Crippen LogP contribution >= 0.6 is 0 Å². The molecule has 0 aliphatic rings. The van der Waals surface area contributed by atoms with Gasteiger partial charge in [0, 0.05) is 6.42 Å². The fourth-order valence-electron chi connectivity index (χ4n) is 2.95. The smallest absolute Gasteiger partial charge is 0.324 e. The number of fused-ring (bicyclic) bond motifs is 1. The molecular weight excluding hydrogens is 376 g/mol. The Balaban J connectivity index is 1.92. The standard InChI is InChI=1S/C21H18N2O4S/c1-21(20(24)25,13-15-6-8-16(14-22)9-7-15)23-28(26,27)19-11-10-17-4-2-3-5-18(17)12-19/h2-12,23H,13H2,1H3,(H,24,25). The van der Waals surface area contributed by atoms with Crippen LogP contribution in [0, 0.1) is 11.3 Å². The van der Waals surface area contributed by atoms with Crippen LogP contribution in [0.3, 0.4) is 0 Å². The van der Waals surface area contributed by atoms with Gasteiger partial charge in [-0.05, 0) is 47.5 Å². The van der Waals surface area contributed by atoms with Crippen molar-refractivity contribution in [1.29, 1.82) is 5.26 Å². The quantitative estimate of drug-likeness (QED) is 0.668. The first-order chi connectivity index (χ1) is 13.2. The number of carboxylic acid groups (broad SMARTS) is 1. The molecule has 0 spiro atoms. The van der Waals surface area contributed by atoms with Gasteiger partial charge >= 0.3 is 5.97 Å². The molecule has 0 aromatic heterocycles. The second kappa shape index (κ2) is 7.43. The Hall–Kier alpha value is -3.21. The number of aliphatic carboxylic acids is 1. The highest BCUT2D eigenvalue weighted by molar-refractivity contribution is 7.89. The molecule has 0 aliphatic carbocycles. The number of sulfonamides is 1. The zero-order chi connectivity index (χ0) is 20.4. The predicted molar refractivity (Wildman–Crippen MR) is 105 cm³/mol. The van der Waals surface area contributed by atoms with E-state index in [-0.39, 0.29) is 11.3 Å². The Morgan fingerprint density at radius 2 is 1.71 bits per heavy atom. The van der Waals surface area contributed by atoms with Gasteiger partial charge in [0.2, 0.25) is 10.0 Å². The summed E-state index contributed by atoms with van der Waals surface area (Å²) in [6.07, 6.45) is -0.0686. The molecule has 28 heavy (non-hydrogen) atoms. The summed E-state index contributed by atoms with van der Waals surface area (Å²) >= 11 is 0. The molecule has 0 saturated heterocycles. The lowest BCUT2D eigenvalue weighted by molar-refractivity contribution is -0.143. The van der Waals surface area contributed by atoms with E-state index in [4.69, 9.17) is 5.26 Å². The molecule has 7 heteroatoms. The van der Waals surface area contributed by atoms with Crippen molar-refractivity contribution in [3.05, 3.63) is 77.9 Å². The molecule has 0 saturated carbocycles. The number of hydrogen-bond acceptors (Lipinski definition) is 4. The minimum Gasteiger partial charge on any atom is -0.480 e. The van der Waals surface area contributed by atoms with Crippen LogP contribution in [0.1, 0.15) is 18.1 Å². The van der Waals surface area contributed by atoms with E-state index in [0.717, 1.165) is 10.8 Å². The maximum absolute atomic E-state index is 12.9. The number of carbonyl (C=O) groups is 1. The lowest BCUT2D eigenvalue weighted by atomic mass is 9.94. The summed E-state index contributed by atoms with van der Waals surface area (Å²) < 4.78 is 28.1. The highest BCUT2D eigenvalue weighted by Crippen LogP contribution is 2.22. The van der Waals surface area contributed by atoms with E-state index >= 15 is 0 Å². The first kappa shape index (κ1) is 19.5. The molecule has 3 aromatic rings. The fraction of sp³-hybridized carbons (Fsp3) is 0.143. The number of hydrogen-bond donors (Lipinski definition) is 2. The number of nitrogens with zero attached hydrogens (tertiary/aromatic N) is 1. The molecule has 6 nitrogen and oxygen atoms in total. The monoisotopic (exact) mass is 394 g/mol. The maximum atomic E-state index is 12.9. The van der Waals surface area contributed by atoms with Gasteiger partial charge in [0.05, 0.1) is 16.5 Å². The molecule has 0 amide bonds. The topological polar surface area (TPSA) is 107 Å². The largest absolute Gasteiger partial charge is 0.480 e. The SMILES string of the molecule is CC(Cc1ccc(C#N)cc1)(NS(=O)(=O)c1ccc2ccccc2c1)C(=O)O. The van der Waals surface area contributed by atoms with Crippen LogP contribution in [0.2, 0.25) is 0 Å². The molecule has 0 heterocycles. The van der Waals surface area contributed by atoms with Crippen molar-refractivity contribution in [2.24, 2.45) is 0 Å². The molecule has 3 rings (SSSR count). The summed E-state index contributed by atoms with van der Waals surface area (Å²) in [6, 6.07) is 20.3. The van der Waals surface area contributed by atoms with E-state index < -0.39 is 21.5 Å². The lowest BCUT2D eigenvalue weighted by Crippen LogP contribution is -2.53. The molecule has 1 atom stereocenters. The lowest BCUT2D eigenvalue weighted by Gasteiger charge is -2.26. The average molecular weight is 394 g/mol. The second-order valence-corrected chi connectivity index (χ2v) is 8.42. The Morgan fingerprint density at radius 1 is 1.07 bits per heavy atom. The van der Waals surface area contributed by atoms with Crippen molar-refractivity contribution >= 4 is 26.8 Å². The summed E-state index contributed by atoms with van der Waals surface area (Å²) in [5.41, 5.74) is -0.707. The van der Waals surface area contributed by atoms with E-state index in [0.29, 0.717) is 11.1 Å². The van der Waals surface area contributed by atoms with E-state index in [1.54, 1.807) is 42.5 Å². The highest BCUT2D eigenvalue weighted by atomic mass is 32.2. The van der Waals surface area contributed by atoms with Gasteiger partial charge in [-0.2, -0.15) is 9.98 Å². The molecule has 0 aliphatic heterocycles. The van der Waals surface area contributed by atoms with Gasteiger partial charge in [-0.15, -0.1) is 0 Å². The zero-order valence-corrected chi connectivity index (χ0v) is 15.9. The normalized spacial score (nSPS) is 13.6. The number of rotatable bonds is 6. The average Bonchev–Trinajstić information content (AvgIpc) is 2.67. The molecule has 0 radical (unpaired) electrons. The zero-order valence-electron chi connectivity index (χ0n) is 15.1. The first-order valence-corrected chi connectivity index (χ1v) is 9.97. The Bertz CT molecular complexity index is 1180. The molecule has 1 unspecified atom stereocenters. The third-order valence-corrected chi connectivity index (χ3v) is 6.10. The maximum Gasteiger partial charge on any atom is 0.324 e. The van der Waals surface area contributed by atoms with Gasteiger partial charge in [-0.25, -0.2) is 8.42 Å². The Labute approximate surface area is 163 Å². The van der Waals surface area contributed by atoms with E-state index in [1.165, 1.54) is 19.1 Å². The van der Waals surface area contributed by atoms with Crippen LogP contribution in [0.15, 0.2) is 71.6 Å². The summed E-state index contributed by atoms with van der Waals surface area (Å²) in [7, 11) is -4.07. The minimum atomic E-state index is -4.07. The number of carboxylic acids is 1. The van der Waals surface area contributed by atoms with Gasteiger partial charge in [-0.3, -0.25) is 4.79 Å². The van der Waals surface area contributed by atoms with Crippen LogP contribution in [-0.2, 0) is 21.2 Å². The van der Waals surface area contributed by atoms with Crippen LogP contribution in [0.5, 0.6) is 0 Å². The van der Waals surface area contributed by atoms with Crippen LogP contribution in [0.25, 0.3) is 10.8 Å². The van der Waals surface area contributed by atoms with Crippen molar-refractivity contribution in [3.8, 4) is 6.07 Å². The fourth-order valence-corrected chi connectivity index (χ4v) is 4.35. The summed E-state index contributed by atoms with van der Waals surface area (Å²) in [4.78, 5) is 11.9. The molecule has 0 bridgehead atoms. The van der Waals surface area contributed by atoms with Crippen molar-refractivity contribution in [1.82, 2.24) is 4.72 Å². The minimum absolute atomic E-state index is 0.00139. The number of nitrogens with one attached hydrogen (secondary N) is 1. The van der Waals surface area contributed by atoms with E-state index in [9.17, 15) is 18.3 Å². The summed E-state index contributed by atoms with van der Waals surface area (Å²) in [6.45, 7) is 1.33. The number of benzene rings is 3. The second-order valence-electron chi connectivity index (χ2n) is 6.74. The number of nitriles is 1. The first-order valence-electron chi connectivity index (χ1n) is 8.49. The third kappa shape index (κ3) is 4.03. The molecule has 0 fully saturated rings. The van der Waals surface area contributed by atoms with Crippen molar-refractivity contribution in [2.45, 2.75) is 23.8 Å². The molecular formula is C21H18N2O4S. The molecule has 3 aromatic carbocycles. The predicted octanol–water partition coefficient (Wildman–Crippen LogP) is 3.08. The van der Waals surface area contributed by atoms with E-state index in [2.05, 4.69) is 4.72 Å². The van der Waals surface area contributed by atoms with Crippen LogP contribution in [-0.4, -0.2) is 25.0 Å². The van der Waals surface area contributed by atoms with Crippen LogP contribution < -0.4 is 4.72 Å². The van der Waals surface area contributed by atoms with Gasteiger partial charge in [0.1, 0.15) is 5.54 Å². The van der Waals surface area contributed by atoms with Crippen molar-refractivity contribution < 1.29 is 18.3 Å². The van der Waals surface area contributed by atoms with Crippen molar-refractivity contribution in [2.75, 3.05) is 0 Å². The third-order valence-electron chi connectivity index (χ3n) is 4.50. The van der Waals surface area contributed by atoms with Gasteiger partial charge in [0.25, 0.3) is 0 Å². The van der Waals surface area contributed by atoms with Crippen molar-refractivity contribution in [3.63, 3.8) is 0 Å². The van der Waals surface area contributed by atoms with E-state index in [1.807, 2.05) is 18.2 Å². The van der Waals surface area contributed by atoms with Crippen LogP contribution in [0.4, 0.5) is 0 Å². The molecule has 142 valence electrons. The summed E-state index contributed by atoms with van der Waals surface area (Å²) in [5, 5.41) is 20.2.